The largest absolute Gasteiger partial charge is 0.744 e. The molecule has 0 spiro atoms. The normalized spacial score (nSPS) is 11.5. The number of hydrogen-bond donors (Lipinski definition) is 1. The molecule has 0 heterocycles. The van der Waals surface area contributed by atoms with E-state index in [1.54, 1.807) is 0 Å². The van der Waals surface area contributed by atoms with Crippen LogP contribution in [-0.2, 0) is 10.1 Å². The molecule has 26 heavy (non-hydrogen) atoms. The molecule has 2 rings (SSSR count). The summed E-state index contributed by atoms with van der Waals surface area (Å²) in [6, 6.07) is 2.28. The smallest absolute Gasteiger partial charge is 0.347 e. The van der Waals surface area contributed by atoms with E-state index in [4.69, 9.17) is 0 Å². The molecule has 140 valence electrons. The highest BCUT2D eigenvalue weighted by atomic mass is 79.9. The predicted molar refractivity (Wildman–Crippen MR) is 82.7 cm³/mol. The van der Waals surface area contributed by atoms with Gasteiger partial charge in [-0.1, -0.05) is 15.9 Å². The average molecular weight is 523 g/mol. The van der Waals surface area contributed by atoms with Gasteiger partial charge in [-0.25, -0.2) is 22.0 Å². The van der Waals surface area contributed by atoms with Gasteiger partial charge in [-0.3, -0.25) is 0 Å². The molecule has 0 aliphatic rings. The number of aromatic hydroxyl groups is 1. The first-order valence-electron chi connectivity index (χ1n) is 6.08. The number of rotatable bonds is 3. The summed E-state index contributed by atoms with van der Waals surface area (Å²) in [4.78, 5) is 9.58. The minimum Gasteiger partial charge on any atom is -0.744 e. The highest BCUT2D eigenvalue weighted by Gasteiger charge is 2.32. The number of hydrogen-bond acceptors (Lipinski definition) is 6. The molecule has 2 aromatic carbocycles. The molecule has 0 amide bonds. The minimum absolute atomic E-state index is 0.0232. The van der Waals surface area contributed by atoms with Crippen LogP contribution in [0.4, 0.5) is 17.6 Å². The molecule has 0 bridgehead atoms. The highest BCUT2D eigenvalue weighted by molar-refractivity contribution is 9.11. The topological polar surface area (TPSA) is 104 Å². The van der Waals surface area contributed by atoms with Crippen molar-refractivity contribution >= 4 is 47.9 Å². The first-order chi connectivity index (χ1) is 11.9. The zero-order chi connectivity index (χ0) is 20.0. The third kappa shape index (κ3) is 3.70. The summed E-state index contributed by atoms with van der Waals surface area (Å²) in [5.41, 5.74) is -0.647. The molecule has 1 N–H and O–H groups in total. The van der Waals surface area contributed by atoms with Gasteiger partial charge >= 0.3 is 5.97 Å². The zero-order valence-corrected chi connectivity index (χ0v) is 15.8. The molecule has 0 aliphatic heterocycles. The van der Waals surface area contributed by atoms with E-state index in [1.807, 2.05) is 0 Å². The second-order valence-corrected chi connectivity index (χ2v) is 7.63. The van der Waals surface area contributed by atoms with Crippen LogP contribution >= 0.6 is 31.9 Å². The summed E-state index contributed by atoms with van der Waals surface area (Å²) in [6.07, 6.45) is 0. The Hall–Kier alpha value is -1.70. The van der Waals surface area contributed by atoms with Gasteiger partial charge in [0.15, 0.2) is 11.6 Å². The number of carbonyl (C=O) groups excluding carboxylic acids is 1. The molecule has 0 saturated heterocycles. The van der Waals surface area contributed by atoms with Crippen LogP contribution in [0.3, 0.4) is 0 Å². The molecular weight excluding hydrogens is 520 g/mol. The van der Waals surface area contributed by atoms with Crippen molar-refractivity contribution in [1.29, 1.82) is 0 Å². The van der Waals surface area contributed by atoms with Gasteiger partial charge in [-0.05, 0) is 28.1 Å². The monoisotopic (exact) mass is 521 g/mol. The van der Waals surface area contributed by atoms with Gasteiger partial charge in [-0.15, -0.1) is 0 Å². The fourth-order valence-electron chi connectivity index (χ4n) is 1.77. The van der Waals surface area contributed by atoms with Gasteiger partial charge in [0.05, 0.1) is 4.47 Å². The second kappa shape index (κ2) is 7.13. The Bertz CT molecular complexity index is 1010. The standard InChI is InChI=1S/C13H4Br2F4O6S/c14-3-1-4(10(20)5(15)2-3)13(21)25-11-6(16)8(18)12(26(22,23)24)9(19)7(11)17/h1-2,20H,(H,22,23,24)/p-1. The van der Waals surface area contributed by atoms with Crippen molar-refractivity contribution in [3.05, 3.63) is 49.9 Å². The van der Waals surface area contributed by atoms with Gasteiger partial charge in [0.1, 0.15) is 26.3 Å². The highest BCUT2D eigenvalue weighted by Crippen LogP contribution is 2.35. The molecule has 0 aromatic heterocycles. The maximum absolute atomic E-state index is 13.8. The van der Waals surface area contributed by atoms with Crippen LogP contribution in [0.5, 0.6) is 11.5 Å². The molecule has 0 unspecified atom stereocenters. The Balaban J connectivity index is 2.60. The SMILES string of the molecule is O=C(Oc1c(F)c(F)c(S(=O)(=O)[O-])c(F)c1F)c1cc(Br)cc(Br)c1O. The number of phenols is 1. The van der Waals surface area contributed by atoms with Gasteiger partial charge < -0.3 is 14.4 Å². The lowest BCUT2D eigenvalue weighted by atomic mass is 10.2. The van der Waals surface area contributed by atoms with Gasteiger partial charge in [0.25, 0.3) is 0 Å². The lowest BCUT2D eigenvalue weighted by Gasteiger charge is -2.14. The van der Waals surface area contributed by atoms with E-state index >= 15 is 0 Å². The molecular formula is C13H3Br2F4O6S-. The summed E-state index contributed by atoms with van der Waals surface area (Å²) in [5, 5.41) is 9.74. The zero-order valence-electron chi connectivity index (χ0n) is 11.8. The van der Waals surface area contributed by atoms with Gasteiger partial charge in [0.2, 0.25) is 17.4 Å². The summed E-state index contributed by atoms with van der Waals surface area (Å²) in [6.45, 7) is 0. The Labute approximate surface area is 159 Å². The Morgan fingerprint density at radius 3 is 2.00 bits per heavy atom. The Morgan fingerprint density at radius 1 is 1.04 bits per heavy atom. The fourth-order valence-corrected chi connectivity index (χ4v) is 3.61. The lowest BCUT2D eigenvalue weighted by Crippen LogP contribution is -2.16. The van der Waals surface area contributed by atoms with E-state index in [0.29, 0.717) is 0 Å². The maximum atomic E-state index is 13.8. The number of ether oxygens (including phenoxy) is 1. The Kier molecular flexibility index (Phi) is 5.66. The van der Waals surface area contributed by atoms with Crippen molar-refractivity contribution in [2.24, 2.45) is 0 Å². The molecule has 0 saturated carbocycles. The van der Waals surface area contributed by atoms with E-state index in [-0.39, 0.29) is 8.95 Å². The molecule has 0 radical (unpaired) electrons. The summed E-state index contributed by atoms with van der Waals surface area (Å²) in [7, 11) is -5.90. The van der Waals surface area contributed by atoms with Crippen LogP contribution in [0.15, 0.2) is 26.0 Å². The second-order valence-electron chi connectivity index (χ2n) is 4.54. The predicted octanol–water partition coefficient (Wildman–Crippen LogP) is 3.60. The van der Waals surface area contributed by atoms with Crippen LogP contribution < -0.4 is 4.74 Å². The molecule has 0 atom stereocenters. The van der Waals surface area contributed by atoms with Crippen molar-refractivity contribution < 1.29 is 45.2 Å². The summed E-state index contributed by atoms with van der Waals surface area (Å²) >= 11 is 5.84. The van der Waals surface area contributed by atoms with E-state index in [2.05, 4.69) is 36.6 Å². The average Bonchev–Trinajstić information content (AvgIpc) is 2.51. The van der Waals surface area contributed by atoms with E-state index in [0.717, 1.165) is 6.07 Å². The van der Waals surface area contributed by atoms with Crippen molar-refractivity contribution in [1.82, 2.24) is 0 Å². The Morgan fingerprint density at radius 2 is 1.54 bits per heavy atom. The fraction of sp³-hybridized carbons (Fsp3) is 0. The van der Waals surface area contributed by atoms with Crippen LogP contribution in [0.1, 0.15) is 10.4 Å². The third-order valence-electron chi connectivity index (χ3n) is 2.88. The van der Waals surface area contributed by atoms with Crippen molar-refractivity contribution in [2.45, 2.75) is 4.90 Å². The quantitative estimate of drug-likeness (QED) is 0.217. The first-order valence-corrected chi connectivity index (χ1v) is 9.07. The summed E-state index contributed by atoms with van der Waals surface area (Å²) in [5.74, 6) is -14.2. The van der Waals surface area contributed by atoms with Crippen LogP contribution in [-0.4, -0.2) is 24.0 Å². The van der Waals surface area contributed by atoms with Gasteiger partial charge in [0, 0.05) is 4.47 Å². The molecule has 0 fully saturated rings. The van der Waals surface area contributed by atoms with E-state index < -0.39 is 61.3 Å². The lowest BCUT2D eigenvalue weighted by molar-refractivity contribution is 0.0713. The summed E-state index contributed by atoms with van der Waals surface area (Å²) < 4.78 is 91.6. The number of esters is 1. The molecule has 0 aliphatic carbocycles. The molecule has 13 heteroatoms. The van der Waals surface area contributed by atoms with Crippen LogP contribution in [0.2, 0.25) is 0 Å². The maximum Gasteiger partial charge on any atom is 0.347 e. The molecule has 6 nitrogen and oxygen atoms in total. The van der Waals surface area contributed by atoms with Crippen molar-refractivity contribution in [2.75, 3.05) is 0 Å². The van der Waals surface area contributed by atoms with Crippen molar-refractivity contribution in [3.8, 4) is 11.5 Å². The van der Waals surface area contributed by atoms with Crippen LogP contribution in [0.25, 0.3) is 0 Å². The van der Waals surface area contributed by atoms with E-state index in [9.17, 15) is 40.4 Å². The number of halogens is 6. The van der Waals surface area contributed by atoms with Crippen molar-refractivity contribution in [3.63, 3.8) is 0 Å². The van der Waals surface area contributed by atoms with Gasteiger partial charge in [-0.2, -0.15) is 8.78 Å². The number of phenolic OH excluding ortho intramolecular Hbond substituents is 1. The minimum atomic E-state index is -5.90. The van der Waals surface area contributed by atoms with E-state index in [1.165, 1.54) is 6.07 Å². The molecule has 2 aromatic rings. The first kappa shape index (κ1) is 20.6. The number of carbonyl (C=O) groups is 1. The van der Waals surface area contributed by atoms with Crippen LogP contribution in [0, 0.1) is 23.3 Å². The third-order valence-corrected chi connectivity index (χ3v) is 4.80. The number of benzene rings is 2.